The standard InChI is InChI=1S/C25H21FN2O6S/c1-12-11-16(33-3)9-10-17(12)20(29)18-19(14-5-7-15(26)8-6-14)28(23(31)21(18)30)25-27-13(2)22(35-25)24(32)34-4/h5-11,19,29H,1-4H3. The van der Waals surface area contributed by atoms with Crippen molar-refractivity contribution < 1.29 is 33.4 Å². The number of methoxy groups -OCH3 is 2. The van der Waals surface area contributed by atoms with E-state index in [0.717, 1.165) is 16.2 Å². The topological polar surface area (TPSA) is 106 Å². The maximum absolute atomic E-state index is 13.7. The normalized spacial score (nSPS) is 17.1. The number of hydrogen-bond acceptors (Lipinski definition) is 8. The van der Waals surface area contributed by atoms with Crippen LogP contribution in [0.4, 0.5) is 9.52 Å². The number of carbonyl (C=O) groups is 3. The van der Waals surface area contributed by atoms with E-state index in [-0.39, 0.29) is 21.3 Å². The summed E-state index contributed by atoms with van der Waals surface area (Å²) in [7, 11) is 2.73. The largest absolute Gasteiger partial charge is 0.507 e. The number of esters is 1. The van der Waals surface area contributed by atoms with Crippen LogP contribution in [-0.2, 0) is 14.3 Å². The molecule has 10 heteroatoms. The molecule has 35 heavy (non-hydrogen) atoms. The number of ketones is 1. The van der Waals surface area contributed by atoms with Gasteiger partial charge in [-0.15, -0.1) is 0 Å². The number of halogens is 1. The van der Waals surface area contributed by atoms with Gasteiger partial charge >= 0.3 is 11.9 Å². The molecule has 0 saturated carbocycles. The highest BCUT2D eigenvalue weighted by atomic mass is 32.1. The van der Waals surface area contributed by atoms with Gasteiger partial charge < -0.3 is 14.6 Å². The Morgan fingerprint density at radius 2 is 1.80 bits per heavy atom. The van der Waals surface area contributed by atoms with E-state index >= 15 is 0 Å². The van der Waals surface area contributed by atoms with E-state index in [0.29, 0.717) is 28.1 Å². The number of anilines is 1. The zero-order chi connectivity index (χ0) is 25.4. The van der Waals surface area contributed by atoms with Gasteiger partial charge in [0.1, 0.15) is 22.2 Å². The molecule has 1 amide bonds. The molecule has 0 bridgehead atoms. The first-order chi connectivity index (χ1) is 16.7. The molecule has 1 aromatic heterocycles. The second-order valence-corrected chi connectivity index (χ2v) is 8.78. The van der Waals surface area contributed by atoms with Gasteiger partial charge in [0.15, 0.2) is 5.13 Å². The zero-order valence-corrected chi connectivity index (χ0v) is 20.1. The summed E-state index contributed by atoms with van der Waals surface area (Å²) in [4.78, 5) is 44.2. The van der Waals surface area contributed by atoms with Crippen molar-refractivity contribution in [1.29, 1.82) is 0 Å². The number of Topliss-reactive ketones (excluding diaryl/α,β-unsaturated/α-hetero) is 1. The third-order valence-corrected chi connectivity index (χ3v) is 6.82. The van der Waals surface area contributed by atoms with Crippen LogP contribution < -0.4 is 9.64 Å². The van der Waals surface area contributed by atoms with Crippen molar-refractivity contribution in [2.24, 2.45) is 0 Å². The fourth-order valence-corrected chi connectivity index (χ4v) is 4.94. The summed E-state index contributed by atoms with van der Waals surface area (Å²) in [5.41, 5.74) is 1.47. The summed E-state index contributed by atoms with van der Waals surface area (Å²) in [5.74, 6) is -2.83. The molecule has 0 spiro atoms. The monoisotopic (exact) mass is 496 g/mol. The van der Waals surface area contributed by atoms with Gasteiger partial charge in [-0.1, -0.05) is 23.5 Å². The lowest BCUT2D eigenvalue weighted by Gasteiger charge is -2.23. The number of aromatic nitrogens is 1. The van der Waals surface area contributed by atoms with Crippen LogP contribution in [0.1, 0.15) is 38.1 Å². The minimum atomic E-state index is -1.10. The Balaban J connectivity index is 1.94. The molecule has 1 N–H and O–H groups in total. The fourth-order valence-electron chi connectivity index (χ4n) is 3.93. The number of thiazole rings is 1. The Morgan fingerprint density at radius 3 is 2.40 bits per heavy atom. The number of ether oxygens (including phenoxy) is 2. The highest BCUT2D eigenvalue weighted by molar-refractivity contribution is 7.17. The van der Waals surface area contributed by atoms with Crippen LogP contribution in [0.3, 0.4) is 0 Å². The summed E-state index contributed by atoms with van der Waals surface area (Å²) in [6.45, 7) is 3.31. The van der Waals surface area contributed by atoms with E-state index in [1.807, 2.05) is 0 Å². The summed E-state index contributed by atoms with van der Waals surface area (Å²) >= 11 is 0.887. The quantitative estimate of drug-likeness (QED) is 0.243. The summed E-state index contributed by atoms with van der Waals surface area (Å²) in [6, 6.07) is 9.03. The van der Waals surface area contributed by atoms with E-state index in [9.17, 15) is 23.9 Å². The smallest absolute Gasteiger partial charge is 0.350 e. The summed E-state index contributed by atoms with van der Waals surface area (Å²) < 4.78 is 23.7. The molecule has 3 aromatic rings. The second-order valence-electron chi connectivity index (χ2n) is 7.80. The van der Waals surface area contributed by atoms with Crippen LogP contribution in [0.15, 0.2) is 48.0 Å². The van der Waals surface area contributed by atoms with Gasteiger partial charge in [0.2, 0.25) is 0 Å². The van der Waals surface area contributed by atoms with Crippen molar-refractivity contribution in [3.8, 4) is 5.75 Å². The molecule has 1 fully saturated rings. The van der Waals surface area contributed by atoms with Crippen molar-refractivity contribution in [2.45, 2.75) is 19.9 Å². The van der Waals surface area contributed by atoms with Crippen LogP contribution in [-0.4, -0.2) is 42.0 Å². The van der Waals surface area contributed by atoms with E-state index in [4.69, 9.17) is 9.47 Å². The maximum atomic E-state index is 13.7. The van der Waals surface area contributed by atoms with Crippen molar-refractivity contribution in [3.05, 3.63) is 81.1 Å². The maximum Gasteiger partial charge on any atom is 0.350 e. The van der Waals surface area contributed by atoms with Gasteiger partial charge in [0.25, 0.3) is 5.78 Å². The predicted molar refractivity (Wildman–Crippen MR) is 127 cm³/mol. The molecule has 0 aliphatic carbocycles. The van der Waals surface area contributed by atoms with Gasteiger partial charge in [0, 0.05) is 5.56 Å². The molecule has 1 aliphatic rings. The van der Waals surface area contributed by atoms with Crippen LogP contribution in [0, 0.1) is 19.7 Å². The molecule has 4 rings (SSSR count). The number of amides is 1. The number of aryl methyl sites for hydroxylation is 2. The molecular formula is C25H21FN2O6S. The van der Waals surface area contributed by atoms with Gasteiger partial charge in [-0.05, 0) is 55.3 Å². The van der Waals surface area contributed by atoms with Crippen LogP contribution >= 0.6 is 11.3 Å². The Hall–Kier alpha value is -4.05. The third kappa shape index (κ3) is 4.17. The first-order valence-corrected chi connectivity index (χ1v) is 11.3. The van der Waals surface area contributed by atoms with Crippen molar-refractivity contribution in [3.63, 3.8) is 0 Å². The molecule has 1 unspecified atom stereocenters. The molecule has 1 aliphatic heterocycles. The number of rotatable bonds is 5. The Bertz CT molecular complexity index is 1380. The molecule has 180 valence electrons. The number of aliphatic hydroxyl groups is 1. The average molecular weight is 497 g/mol. The van der Waals surface area contributed by atoms with E-state index in [1.165, 1.54) is 38.5 Å². The van der Waals surface area contributed by atoms with Gasteiger partial charge in [-0.3, -0.25) is 14.5 Å². The predicted octanol–water partition coefficient (Wildman–Crippen LogP) is 4.32. The summed E-state index contributed by atoms with van der Waals surface area (Å²) in [5, 5.41) is 11.3. The van der Waals surface area contributed by atoms with Crippen LogP contribution in [0.25, 0.3) is 5.76 Å². The Labute approximate surface area is 204 Å². The van der Waals surface area contributed by atoms with Gasteiger partial charge in [0.05, 0.1) is 31.5 Å². The molecule has 2 aromatic carbocycles. The van der Waals surface area contributed by atoms with Crippen molar-refractivity contribution in [2.75, 3.05) is 19.1 Å². The second kappa shape index (κ2) is 9.30. The number of benzene rings is 2. The first kappa shape index (κ1) is 24.1. The minimum absolute atomic E-state index is 0.0739. The lowest BCUT2D eigenvalue weighted by Crippen LogP contribution is -2.29. The summed E-state index contributed by atoms with van der Waals surface area (Å²) in [6.07, 6.45) is 0. The lowest BCUT2D eigenvalue weighted by molar-refractivity contribution is -0.132. The SMILES string of the molecule is COC(=O)c1sc(N2C(=O)C(=O)C(=C(O)c3ccc(OC)cc3C)C2c2ccc(F)cc2)nc1C. The molecule has 1 atom stereocenters. The number of hydrogen-bond donors (Lipinski definition) is 1. The van der Waals surface area contributed by atoms with E-state index < -0.39 is 29.5 Å². The van der Waals surface area contributed by atoms with Crippen molar-refractivity contribution in [1.82, 2.24) is 4.98 Å². The molecule has 1 saturated heterocycles. The third-order valence-electron chi connectivity index (χ3n) is 5.68. The lowest BCUT2D eigenvalue weighted by atomic mass is 9.94. The number of nitrogens with zero attached hydrogens (tertiary/aromatic N) is 2. The number of aliphatic hydroxyl groups excluding tert-OH is 1. The highest BCUT2D eigenvalue weighted by Crippen LogP contribution is 2.44. The average Bonchev–Trinajstić information content (AvgIpc) is 3.35. The first-order valence-electron chi connectivity index (χ1n) is 10.4. The van der Waals surface area contributed by atoms with Crippen molar-refractivity contribution >= 4 is 39.9 Å². The highest BCUT2D eigenvalue weighted by Gasteiger charge is 2.48. The van der Waals surface area contributed by atoms with E-state index in [2.05, 4.69) is 4.98 Å². The number of carbonyl (C=O) groups excluding carboxylic acids is 3. The Morgan fingerprint density at radius 1 is 1.11 bits per heavy atom. The van der Waals surface area contributed by atoms with Gasteiger partial charge in [-0.25, -0.2) is 14.2 Å². The van der Waals surface area contributed by atoms with E-state index in [1.54, 1.807) is 32.0 Å². The Kier molecular flexibility index (Phi) is 6.40. The fraction of sp³-hybridized carbons (Fsp3) is 0.200. The molecule has 0 radical (unpaired) electrons. The molecular weight excluding hydrogens is 475 g/mol. The minimum Gasteiger partial charge on any atom is -0.507 e. The molecule has 8 nitrogen and oxygen atoms in total. The zero-order valence-electron chi connectivity index (χ0n) is 19.3. The molecule has 2 heterocycles. The van der Waals surface area contributed by atoms with Crippen LogP contribution in [0.5, 0.6) is 5.75 Å². The van der Waals surface area contributed by atoms with Crippen LogP contribution in [0.2, 0.25) is 0 Å². The van der Waals surface area contributed by atoms with Gasteiger partial charge in [-0.2, -0.15) is 0 Å².